The van der Waals surface area contributed by atoms with Crippen molar-refractivity contribution < 1.29 is 18.5 Å². The molecule has 0 aliphatic rings. The van der Waals surface area contributed by atoms with Crippen LogP contribution in [0, 0.1) is 0 Å². The van der Waals surface area contributed by atoms with Crippen LogP contribution in [0.1, 0.15) is 16.1 Å². The van der Waals surface area contributed by atoms with Gasteiger partial charge in [0.2, 0.25) is 0 Å². The van der Waals surface area contributed by atoms with Gasteiger partial charge in [0.1, 0.15) is 17.9 Å². The van der Waals surface area contributed by atoms with Crippen LogP contribution >= 0.6 is 0 Å². The van der Waals surface area contributed by atoms with Crippen LogP contribution in [0.5, 0.6) is 5.75 Å². The SMILES string of the molecule is O=C(Nc1cccc(-c2noc(=O)[nH]2)c1)c1oc2ccccc2c1COc1ccccc1. The molecule has 158 valence electrons. The van der Waals surface area contributed by atoms with E-state index in [2.05, 4.69) is 20.0 Å². The predicted molar refractivity (Wildman–Crippen MR) is 118 cm³/mol. The van der Waals surface area contributed by atoms with Crippen molar-refractivity contribution in [3.05, 3.63) is 101 Å². The number of hydrogen-bond donors (Lipinski definition) is 2. The lowest BCUT2D eigenvalue weighted by Gasteiger charge is -2.08. The molecule has 5 aromatic rings. The number of aromatic nitrogens is 2. The minimum Gasteiger partial charge on any atom is -0.489 e. The van der Waals surface area contributed by atoms with Crippen LogP contribution in [0.2, 0.25) is 0 Å². The summed E-state index contributed by atoms with van der Waals surface area (Å²) in [5, 5.41) is 7.31. The average Bonchev–Trinajstić information content (AvgIpc) is 3.42. The maximum absolute atomic E-state index is 13.1. The number of hydrogen-bond acceptors (Lipinski definition) is 6. The Morgan fingerprint density at radius 1 is 1.00 bits per heavy atom. The van der Waals surface area contributed by atoms with Crippen LogP contribution in [0.3, 0.4) is 0 Å². The highest BCUT2D eigenvalue weighted by atomic mass is 16.5. The van der Waals surface area contributed by atoms with Crippen LogP contribution in [0.25, 0.3) is 22.4 Å². The van der Waals surface area contributed by atoms with Crippen LogP contribution in [-0.4, -0.2) is 16.0 Å². The summed E-state index contributed by atoms with van der Waals surface area (Å²) in [6.07, 6.45) is 0. The first kappa shape index (κ1) is 19.4. The van der Waals surface area contributed by atoms with Gasteiger partial charge in [-0.2, -0.15) is 0 Å². The van der Waals surface area contributed by atoms with Crippen LogP contribution in [0.15, 0.2) is 92.6 Å². The fourth-order valence-electron chi connectivity index (χ4n) is 3.38. The summed E-state index contributed by atoms with van der Waals surface area (Å²) in [5.41, 5.74) is 2.34. The highest BCUT2D eigenvalue weighted by Crippen LogP contribution is 2.28. The van der Waals surface area contributed by atoms with Crippen molar-refractivity contribution in [2.75, 3.05) is 5.32 Å². The summed E-state index contributed by atoms with van der Waals surface area (Å²) in [6, 6.07) is 23.7. The van der Waals surface area contributed by atoms with Crippen molar-refractivity contribution in [2.45, 2.75) is 6.61 Å². The highest BCUT2D eigenvalue weighted by molar-refractivity contribution is 6.06. The minimum atomic E-state index is -0.653. The van der Waals surface area contributed by atoms with Gasteiger partial charge in [-0.3, -0.25) is 14.3 Å². The Morgan fingerprint density at radius 3 is 2.62 bits per heavy atom. The van der Waals surface area contributed by atoms with E-state index in [0.717, 1.165) is 5.39 Å². The Morgan fingerprint density at radius 2 is 1.81 bits per heavy atom. The summed E-state index contributed by atoms with van der Waals surface area (Å²) in [7, 11) is 0. The average molecular weight is 427 g/mol. The lowest BCUT2D eigenvalue weighted by Crippen LogP contribution is -2.14. The Hall–Kier alpha value is -4.59. The fraction of sp³-hybridized carbons (Fsp3) is 0.0417. The molecule has 0 saturated carbocycles. The first-order chi connectivity index (χ1) is 15.7. The van der Waals surface area contributed by atoms with Gasteiger partial charge in [-0.05, 0) is 30.3 Å². The number of nitrogens with one attached hydrogen (secondary N) is 2. The number of furan rings is 1. The number of H-pyrrole nitrogens is 1. The van der Waals surface area contributed by atoms with E-state index in [1.54, 1.807) is 30.3 Å². The topological polar surface area (TPSA) is 110 Å². The summed E-state index contributed by atoms with van der Waals surface area (Å²) in [6.45, 7) is 0.171. The zero-order valence-corrected chi connectivity index (χ0v) is 16.7. The highest BCUT2D eigenvalue weighted by Gasteiger charge is 2.21. The zero-order valence-electron chi connectivity index (χ0n) is 16.7. The molecule has 0 aliphatic heterocycles. The van der Waals surface area contributed by atoms with Crippen molar-refractivity contribution in [3.8, 4) is 17.1 Å². The van der Waals surface area contributed by atoms with Gasteiger partial charge < -0.3 is 14.5 Å². The third kappa shape index (κ3) is 3.89. The summed E-state index contributed by atoms with van der Waals surface area (Å²) in [4.78, 5) is 26.8. The van der Waals surface area contributed by atoms with Crippen LogP contribution in [0.4, 0.5) is 5.69 Å². The number of benzene rings is 3. The molecule has 8 heteroatoms. The molecule has 8 nitrogen and oxygen atoms in total. The normalized spacial score (nSPS) is 10.9. The number of amides is 1. The smallest absolute Gasteiger partial charge is 0.439 e. The van der Waals surface area contributed by atoms with Crippen molar-refractivity contribution in [1.29, 1.82) is 0 Å². The number of nitrogens with zero attached hydrogens (tertiary/aromatic N) is 1. The molecule has 2 heterocycles. The number of anilines is 1. The fourth-order valence-corrected chi connectivity index (χ4v) is 3.38. The minimum absolute atomic E-state index is 0.169. The standard InChI is InChI=1S/C24H17N3O5/c28-23(25-16-8-6-7-15(13-16)22-26-24(29)32-27-22)21-19(14-30-17-9-2-1-3-10-17)18-11-4-5-12-20(18)31-21/h1-13H,14H2,(H,25,28)(H,26,27,29). The predicted octanol–water partition coefficient (Wildman–Crippen LogP) is 4.61. The third-order valence-electron chi connectivity index (χ3n) is 4.87. The molecule has 0 atom stereocenters. The quantitative estimate of drug-likeness (QED) is 0.410. The largest absolute Gasteiger partial charge is 0.489 e. The summed E-state index contributed by atoms with van der Waals surface area (Å²) in [5.74, 6) is 0.0611. The van der Waals surface area contributed by atoms with Crippen molar-refractivity contribution in [2.24, 2.45) is 0 Å². The number of carbonyl (C=O) groups is 1. The van der Waals surface area contributed by atoms with Crippen molar-refractivity contribution in [3.63, 3.8) is 0 Å². The van der Waals surface area contributed by atoms with Crippen molar-refractivity contribution >= 4 is 22.6 Å². The molecule has 0 radical (unpaired) electrons. The number of carbonyl (C=O) groups excluding carboxylic acids is 1. The second-order valence-corrected chi connectivity index (χ2v) is 6.99. The maximum atomic E-state index is 13.1. The number of para-hydroxylation sites is 2. The molecule has 2 N–H and O–H groups in total. The Balaban J connectivity index is 1.44. The van der Waals surface area contributed by atoms with E-state index >= 15 is 0 Å². The molecule has 0 spiro atoms. The van der Waals surface area contributed by atoms with Gasteiger partial charge >= 0.3 is 5.76 Å². The second kappa shape index (κ2) is 8.27. The van der Waals surface area contributed by atoms with E-state index in [-0.39, 0.29) is 18.2 Å². The Bertz CT molecular complexity index is 1450. The molecule has 0 fully saturated rings. The number of rotatable bonds is 6. The molecule has 1 amide bonds. The Kier molecular flexibility index (Phi) is 5.01. The number of ether oxygens (including phenoxy) is 1. The molecule has 3 aromatic carbocycles. The van der Waals surface area contributed by atoms with Gasteiger partial charge in [0, 0.05) is 22.2 Å². The van der Waals surface area contributed by atoms with Gasteiger partial charge in [-0.15, -0.1) is 0 Å². The number of fused-ring (bicyclic) bond motifs is 1. The molecule has 2 aromatic heterocycles. The van der Waals surface area contributed by atoms with E-state index in [9.17, 15) is 9.59 Å². The molecule has 32 heavy (non-hydrogen) atoms. The van der Waals surface area contributed by atoms with Gasteiger partial charge in [0.25, 0.3) is 5.91 Å². The molecule has 0 aliphatic carbocycles. The zero-order chi connectivity index (χ0) is 21.9. The molecule has 0 saturated heterocycles. The first-order valence-electron chi connectivity index (χ1n) is 9.83. The van der Waals surface area contributed by atoms with Crippen molar-refractivity contribution in [1.82, 2.24) is 10.1 Å². The van der Waals surface area contributed by atoms with Gasteiger partial charge in [-0.25, -0.2) is 4.79 Å². The summed E-state index contributed by atoms with van der Waals surface area (Å²) >= 11 is 0. The van der Waals surface area contributed by atoms with Crippen LogP contribution < -0.4 is 15.8 Å². The van der Waals surface area contributed by atoms with E-state index in [0.29, 0.717) is 28.1 Å². The maximum Gasteiger partial charge on any atom is 0.439 e. The molecule has 0 bridgehead atoms. The van der Waals surface area contributed by atoms with Crippen LogP contribution in [-0.2, 0) is 6.61 Å². The van der Waals surface area contributed by atoms with E-state index in [1.807, 2.05) is 48.5 Å². The first-order valence-corrected chi connectivity index (χ1v) is 9.83. The van der Waals surface area contributed by atoms with E-state index in [4.69, 9.17) is 9.15 Å². The monoisotopic (exact) mass is 427 g/mol. The second-order valence-electron chi connectivity index (χ2n) is 6.99. The lowest BCUT2D eigenvalue weighted by molar-refractivity contribution is 0.0995. The van der Waals surface area contributed by atoms with Gasteiger partial charge in [-0.1, -0.05) is 53.7 Å². The molecule has 5 rings (SSSR count). The lowest BCUT2D eigenvalue weighted by atomic mass is 10.1. The summed E-state index contributed by atoms with van der Waals surface area (Å²) < 4.78 is 16.3. The van der Waals surface area contributed by atoms with E-state index in [1.165, 1.54) is 0 Å². The van der Waals surface area contributed by atoms with Gasteiger partial charge in [0.15, 0.2) is 11.6 Å². The number of aromatic amines is 1. The van der Waals surface area contributed by atoms with Gasteiger partial charge in [0.05, 0.1) is 0 Å². The molecular formula is C24H17N3O5. The molecule has 0 unspecified atom stereocenters. The Labute approximate surface area is 181 Å². The van der Waals surface area contributed by atoms with E-state index < -0.39 is 11.7 Å². The molecular weight excluding hydrogens is 410 g/mol. The third-order valence-corrected chi connectivity index (χ3v) is 4.87.